The summed E-state index contributed by atoms with van der Waals surface area (Å²) in [5.74, 6) is 0.183. The normalized spacial score (nSPS) is 21.9. The summed E-state index contributed by atoms with van der Waals surface area (Å²) in [6.45, 7) is 4.27. The molecule has 0 N–H and O–H groups in total. The number of allylic oxidation sites excluding steroid dienone is 1. The van der Waals surface area contributed by atoms with Gasteiger partial charge in [-0.1, -0.05) is 24.3 Å². The van der Waals surface area contributed by atoms with Crippen molar-refractivity contribution in [2.45, 2.75) is 32.1 Å². The van der Waals surface area contributed by atoms with Crippen LogP contribution in [-0.2, 0) is 21.2 Å². The number of piperidine rings is 1. The second kappa shape index (κ2) is 8.35. The molecule has 3 aliphatic rings. The lowest BCUT2D eigenvalue weighted by molar-refractivity contribution is -0.133. The van der Waals surface area contributed by atoms with Crippen LogP contribution in [0.15, 0.2) is 29.2 Å². The van der Waals surface area contributed by atoms with E-state index in [4.69, 9.17) is 0 Å². The lowest BCUT2D eigenvalue weighted by atomic mass is 9.98. The van der Waals surface area contributed by atoms with Gasteiger partial charge in [0.25, 0.3) is 0 Å². The first-order valence-electron chi connectivity index (χ1n) is 10.3. The zero-order valence-electron chi connectivity index (χ0n) is 16.3. The van der Waals surface area contributed by atoms with Gasteiger partial charge in [-0.3, -0.25) is 9.69 Å². The molecule has 2 saturated heterocycles. The minimum atomic E-state index is -3.43. The van der Waals surface area contributed by atoms with E-state index in [2.05, 4.69) is 11.0 Å². The van der Waals surface area contributed by atoms with Crippen molar-refractivity contribution in [2.24, 2.45) is 0 Å². The Morgan fingerprint density at radius 2 is 1.61 bits per heavy atom. The smallest absolute Gasteiger partial charge is 0.239 e. The molecule has 0 spiro atoms. The van der Waals surface area contributed by atoms with Gasteiger partial charge in [0.05, 0.1) is 11.4 Å². The monoisotopic (exact) mass is 403 g/mol. The van der Waals surface area contributed by atoms with Crippen LogP contribution in [0.2, 0.25) is 0 Å². The number of sulfonamides is 1. The van der Waals surface area contributed by atoms with Gasteiger partial charge in [-0.05, 0) is 49.3 Å². The molecule has 6 nitrogen and oxygen atoms in total. The van der Waals surface area contributed by atoms with Gasteiger partial charge >= 0.3 is 0 Å². The van der Waals surface area contributed by atoms with Gasteiger partial charge < -0.3 is 4.90 Å². The fourth-order valence-corrected chi connectivity index (χ4v) is 5.95. The molecule has 0 saturated carbocycles. The van der Waals surface area contributed by atoms with Crippen molar-refractivity contribution >= 4 is 22.0 Å². The van der Waals surface area contributed by atoms with Crippen molar-refractivity contribution in [3.63, 3.8) is 0 Å². The van der Waals surface area contributed by atoms with Crippen LogP contribution in [0, 0.1) is 0 Å². The highest BCUT2D eigenvalue weighted by atomic mass is 32.2. The first-order chi connectivity index (χ1) is 13.5. The van der Waals surface area contributed by atoms with Crippen molar-refractivity contribution in [3.8, 4) is 0 Å². The molecule has 1 aliphatic carbocycles. The van der Waals surface area contributed by atoms with E-state index in [0.717, 1.165) is 37.9 Å². The van der Waals surface area contributed by atoms with E-state index >= 15 is 0 Å². The summed E-state index contributed by atoms with van der Waals surface area (Å²) in [7, 11) is -3.43. The first kappa shape index (κ1) is 19.6. The van der Waals surface area contributed by atoms with Gasteiger partial charge in [-0.15, -0.1) is 0 Å². The van der Waals surface area contributed by atoms with E-state index < -0.39 is 10.0 Å². The summed E-state index contributed by atoms with van der Waals surface area (Å²) >= 11 is 0. The highest BCUT2D eigenvalue weighted by Gasteiger charge is 2.32. The Morgan fingerprint density at radius 3 is 2.36 bits per heavy atom. The molecule has 0 bridgehead atoms. The molecule has 2 heterocycles. The van der Waals surface area contributed by atoms with Crippen LogP contribution in [0.25, 0.3) is 6.08 Å². The molecule has 4 rings (SSSR count). The number of rotatable bonds is 4. The summed E-state index contributed by atoms with van der Waals surface area (Å²) in [6, 6.07) is 7.99. The zero-order valence-corrected chi connectivity index (χ0v) is 17.2. The Bertz CT molecular complexity index is 851. The van der Waals surface area contributed by atoms with Gasteiger partial charge in [0.15, 0.2) is 0 Å². The maximum absolute atomic E-state index is 13.1. The van der Waals surface area contributed by atoms with Gasteiger partial charge in [-0.25, -0.2) is 8.42 Å². The number of benzene rings is 1. The summed E-state index contributed by atoms with van der Waals surface area (Å²) in [4.78, 5) is 17.0. The van der Waals surface area contributed by atoms with Crippen LogP contribution >= 0.6 is 0 Å². The number of hydrogen-bond acceptors (Lipinski definition) is 4. The lowest BCUT2D eigenvalue weighted by Gasteiger charge is -2.36. The fourth-order valence-electron chi connectivity index (χ4n) is 4.34. The number of fused-ring (bicyclic) bond motifs is 1. The molecule has 0 aromatic heterocycles. The molecule has 152 valence electrons. The topological polar surface area (TPSA) is 60.9 Å². The standard InChI is InChI=1S/C21H29N3O3S/c25-21(23-10-4-1-5-11-23)17-22-12-14-24(15-13-22)28(26,27)20-9-8-18-6-2-3-7-19(18)16-20/h2-3,6-7,16H,1,4-5,8-15,17H2. The van der Waals surface area contributed by atoms with Crippen molar-refractivity contribution in [1.29, 1.82) is 0 Å². The summed E-state index contributed by atoms with van der Waals surface area (Å²) in [6.07, 6.45) is 6.56. The maximum Gasteiger partial charge on any atom is 0.239 e. The van der Waals surface area contributed by atoms with Crippen LogP contribution < -0.4 is 0 Å². The van der Waals surface area contributed by atoms with E-state index in [1.165, 1.54) is 12.0 Å². The second-order valence-corrected chi connectivity index (χ2v) is 9.92. The molecule has 2 fully saturated rings. The summed E-state index contributed by atoms with van der Waals surface area (Å²) in [5.41, 5.74) is 2.22. The van der Waals surface area contributed by atoms with Crippen molar-refractivity contribution < 1.29 is 13.2 Å². The maximum atomic E-state index is 13.1. The van der Waals surface area contributed by atoms with Crippen LogP contribution in [0.4, 0.5) is 0 Å². The van der Waals surface area contributed by atoms with Gasteiger partial charge in [0.1, 0.15) is 0 Å². The molecule has 1 amide bonds. The molecule has 2 aliphatic heterocycles. The third-order valence-electron chi connectivity index (χ3n) is 6.08. The van der Waals surface area contributed by atoms with Crippen molar-refractivity contribution in [3.05, 3.63) is 40.3 Å². The molecule has 1 aromatic carbocycles. The number of carbonyl (C=O) groups excluding carboxylic acids is 1. The Kier molecular flexibility index (Phi) is 5.85. The quantitative estimate of drug-likeness (QED) is 0.771. The van der Waals surface area contributed by atoms with Gasteiger partial charge in [0, 0.05) is 39.3 Å². The molecule has 0 atom stereocenters. The van der Waals surface area contributed by atoms with E-state index in [9.17, 15) is 13.2 Å². The number of aryl methyl sites for hydroxylation is 1. The van der Waals surface area contributed by atoms with Gasteiger partial charge in [-0.2, -0.15) is 4.31 Å². The summed E-state index contributed by atoms with van der Waals surface area (Å²) in [5, 5.41) is 0. The Hall–Kier alpha value is -1.70. The van der Waals surface area contributed by atoms with Crippen LogP contribution in [-0.4, -0.2) is 74.2 Å². The highest BCUT2D eigenvalue weighted by molar-refractivity contribution is 7.93. The fraction of sp³-hybridized carbons (Fsp3) is 0.571. The van der Waals surface area contributed by atoms with Crippen LogP contribution in [0.1, 0.15) is 36.8 Å². The third-order valence-corrected chi connectivity index (χ3v) is 8.11. The minimum absolute atomic E-state index is 0.183. The third kappa shape index (κ3) is 4.16. The summed E-state index contributed by atoms with van der Waals surface area (Å²) < 4.78 is 27.8. The Labute approximate surface area is 167 Å². The average molecular weight is 404 g/mol. The molecule has 28 heavy (non-hydrogen) atoms. The predicted octanol–water partition coefficient (Wildman–Crippen LogP) is 1.93. The zero-order chi connectivity index (χ0) is 19.6. The molecular weight excluding hydrogens is 374 g/mol. The van der Waals surface area contributed by atoms with E-state index in [0.29, 0.717) is 44.0 Å². The molecular formula is C21H29N3O3S. The number of hydrogen-bond donors (Lipinski definition) is 0. The molecule has 7 heteroatoms. The lowest BCUT2D eigenvalue weighted by Crippen LogP contribution is -2.52. The van der Waals surface area contributed by atoms with Gasteiger partial charge in [0.2, 0.25) is 15.9 Å². The number of likely N-dealkylation sites (tertiary alicyclic amines) is 1. The number of nitrogens with zero attached hydrogens (tertiary/aromatic N) is 3. The molecule has 0 unspecified atom stereocenters. The van der Waals surface area contributed by atoms with Crippen molar-refractivity contribution in [2.75, 3.05) is 45.8 Å². The molecule has 1 aromatic rings. The first-order valence-corrected chi connectivity index (χ1v) is 11.8. The SMILES string of the molecule is O=C(CN1CCN(S(=O)(=O)C2=Cc3ccccc3CC2)CC1)N1CCCCC1. The van der Waals surface area contributed by atoms with E-state index in [1.54, 1.807) is 4.31 Å². The van der Waals surface area contributed by atoms with Crippen LogP contribution in [0.3, 0.4) is 0 Å². The highest BCUT2D eigenvalue weighted by Crippen LogP contribution is 2.29. The van der Waals surface area contributed by atoms with Crippen LogP contribution in [0.5, 0.6) is 0 Å². The predicted molar refractivity (Wildman–Crippen MR) is 110 cm³/mol. The molecule has 0 radical (unpaired) electrons. The second-order valence-electron chi connectivity index (χ2n) is 7.93. The van der Waals surface area contributed by atoms with E-state index in [1.807, 2.05) is 29.2 Å². The minimum Gasteiger partial charge on any atom is -0.342 e. The van der Waals surface area contributed by atoms with Crippen molar-refractivity contribution in [1.82, 2.24) is 14.1 Å². The largest absolute Gasteiger partial charge is 0.342 e. The average Bonchev–Trinajstić information content (AvgIpc) is 2.74. The Morgan fingerprint density at radius 1 is 0.893 bits per heavy atom. The number of amides is 1. The Balaban J connectivity index is 1.35. The number of carbonyl (C=O) groups is 1. The number of piperazine rings is 1. The van der Waals surface area contributed by atoms with E-state index in [-0.39, 0.29) is 5.91 Å².